The van der Waals surface area contributed by atoms with Crippen LogP contribution in [0.1, 0.15) is 37.8 Å². The normalized spacial score (nSPS) is 20.4. The van der Waals surface area contributed by atoms with Crippen LogP contribution in [0.2, 0.25) is 0 Å². The third kappa shape index (κ3) is 3.58. The van der Waals surface area contributed by atoms with Gasteiger partial charge in [0.25, 0.3) is 5.56 Å². The number of H-pyrrole nitrogens is 1. The van der Waals surface area contributed by atoms with Gasteiger partial charge in [0.1, 0.15) is 0 Å². The van der Waals surface area contributed by atoms with Crippen molar-refractivity contribution in [3.63, 3.8) is 0 Å². The summed E-state index contributed by atoms with van der Waals surface area (Å²) in [6.45, 7) is 14.5. The molecule has 1 N–H and O–H groups in total. The van der Waals surface area contributed by atoms with Crippen LogP contribution in [0.3, 0.4) is 0 Å². The van der Waals surface area contributed by atoms with Gasteiger partial charge >= 0.3 is 5.69 Å². The summed E-state index contributed by atoms with van der Waals surface area (Å²) in [5, 5.41) is 0.598. The van der Waals surface area contributed by atoms with Gasteiger partial charge in [0.05, 0.1) is 17.4 Å². The molecular weight excluding hydrogens is 366 g/mol. The number of fused-ring (bicyclic) bond motifs is 1. The lowest BCUT2D eigenvalue weighted by molar-refractivity contribution is 0.207. The topological polar surface area (TPSA) is 65.7 Å². The number of aromatic amines is 1. The summed E-state index contributed by atoms with van der Waals surface area (Å²) in [5.41, 5.74) is 2.35. The van der Waals surface area contributed by atoms with Gasteiger partial charge in [-0.15, -0.1) is 0 Å². The van der Waals surface area contributed by atoms with Crippen molar-refractivity contribution >= 4 is 16.6 Å². The van der Waals surface area contributed by atoms with E-state index < -0.39 is 0 Å². The Hall–Kier alpha value is -2.59. The lowest BCUT2D eigenvalue weighted by Crippen LogP contribution is -2.38. The summed E-state index contributed by atoms with van der Waals surface area (Å²) in [7, 11) is 2.10. The average molecular weight is 396 g/mol. The zero-order chi connectivity index (χ0) is 20.7. The SMILES string of the molecule is [C-]#[N+]CCN(C)C(C)C1CCN(c2ccc3c(=O)[nH]c(=O)n(C4CC4)c3c2C)C1. The molecule has 2 fully saturated rings. The zero-order valence-corrected chi connectivity index (χ0v) is 17.4. The predicted molar refractivity (Wildman–Crippen MR) is 116 cm³/mol. The minimum absolute atomic E-state index is 0.207. The van der Waals surface area contributed by atoms with Crippen LogP contribution in [-0.2, 0) is 0 Å². The first-order chi connectivity index (χ1) is 13.9. The number of hydrogen-bond donors (Lipinski definition) is 1. The van der Waals surface area contributed by atoms with E-state index in [1.165, 1.54) is 0 Å². The van der Waals surface area contributed by atoms with Crippen molar-refractivity contribution < 1.29 is 0 Å². The zero-order valence-electron chi connectivity index (χ0n) is 17.4. The molecule has 1 aromatic heterocycles. The smallest absolute Gasteiger partial charge is 0.329 e. The van der Waals surface area contributed by atoms with Crippen molar-refractivity contribution in [3.8, 4) is 0 Å². The molecule has 1 aliphatic heterocycles. The summed E-state index contributed by atoms with van der Waals surface area (Å²) < 4.78 is 1.80. The van der Waals surface area contributed by atoms with Crippen LogP contribution < -0.4 is 16.1 Å². The fourth-order valence-electron chi connectivity index (χ4n) is 4.70. The van der Waals surface area contributed by atoms with Crippen LogP contribution in [0.4, 0.5) is 5.69 Å². The van der Waals surface area contributed by atoms with E-state index in [2.05, 4.69) is 33.6 Å². The fraction of sp³-hybridized carbons (Fsp3) is 0.591. The second kappa shape index (κ2) is 7.68. The molecule has 7 heteroatoms. The summed E-state index contributed by atoms with van der Waals surface area (Å²) >= 11 is 0. The van der Waals surface area contributed by atoms with E-state index in [0.29, 0.717) is 23.9 Å². The highest BCUT2D eigenvalue weighted by Crippen LogP contribution is 2.38. The molecule has 7 nitrogen and oxygen atoms in total. The molecule has 154 valence electrons. The van der Waals surface area contributed by atoms with Crippen molar-refractivity contribution in [2.45, 2.75) is 45.2 Å². The third-order valence-corrected chi connectivity index (χ3v) is 6.75. The molecule has 29 heavy (non-hydrogen) atoms. The van der Waals surface area contributed by atoms with E-state index in [1.807, 2.05) is 19.1 Å². The minimum Gasteiger partial charge on any atom is -0.371 e. The third-order valence-electron chi connectivity index (χ3n) is 6.75. The average Bonchev–Trinajstić information content (AvgIpc) is 3.41. The number of hydrogen-bond acceptors (Lipinski definition) is 4. The Morgan fingerprint density at radius 1 is 1.31 bits per heavy atom. The van der Waals surface area contributed by atoms with Gasteiger partial charge in [0, 0.05) is 30.9 Å². The predicted octanol–water partition coefficient (Wildman–Crippen LogP) is 2.40. The highest BCUT2D eigenvalue weighted by molar-refractivity contribution is 5.86. The van der Waals surface area contributed by atoms with E-state index in [-0.39, 0.29) is 17.3 Å². The number of benzene rings is 1. The highest BCUT2D eigenvalue weighted by atomic mass is 16.2. The van der Waals surface area contributed by atoms with Crippen LogP contribution >= 0.6 is 0 Å². The van der Waals surface area contributed by atoms with E-state index in [4.69, 9.17) is 6.57 Å². The molecule has 2 aliphatic rings. The largest absolute Gasteiger partial charge is 0.371 e. The van der Waals surface area contributed by atoms with E-state index in [1.54, 1.807) is 4.57 Å². The van der Waals surface area contributed by atoms with Crippen molar-refractivity contribution in [2.24, 2.45) is 5.92 Å². The molecule has 2 atom stereocenters. The number of nitrogens with zero attached hydrogens (tertiary/aromatic N) is 4. The van der Waals surface area contributed by atoms with Crippen LogP contribution in [0.25, 0.3) is 15.7 Å². The molecule has 1 saturated heterocycles. The first-order valence-corrected chi connectivity index (χ1v) is 10.5. The number of rotatable bonds is 6. The number of aromatic nitrogens is 2. The highest BCUT2D eigenvalue weighted by Gasteiger charge is 2.32. The molecule has 1 aliphatic carbocycles. The van der Waals surface area contributed by atoms with Gasteiger partial charge in [0.15, 0.2) is 0 Å². The Labute approximate surface area is 170 Å². The van der Waals surface area contributed by atoms with Crippen LogP contribution in [0.15, 0.2) is 21.7 Å². The van der Waals surface area contributed by atoms with E-state index in [9.17, 15) is 9.59 Å². The standard InChI is InChI=1S/C22H29N5O2/c1-14-19(26-11-9-16(13-26)15(2)25(4)12-10-23-3)8-7-18-20(14)27(17-5-6-17)22(29)24-21(18)28/h7-8,15-17H,5-6,9-13H2,1-2,4H3,(H,24,28,29). The number of anilines is 1. The quantitative estimate of drug-likeness (QED) is 0.763. The lowest BCUT2D eigenvalue weighted by atomic mass is 9.99. The van der Waals surface area contributed by atoms with E-state index >= 15 is 0 Å². The maximum atomic E-state index is 12.5. The molecule has 4 rings (SSSR count). The molecule has 2 aromatic rings. The minimum atomic E-state index is -0.300. The van der Waals surface area contributed by atoms with Crippen molar-refractivity contribution in [2.75, 3.05) is 38.1 Å². The fourth-order valence-corrected chi connectivity index (χ4v) is 4.70. The van der Waals surface area contributed by atoms with Gasteiger partial charge in [-0.05, 0) is 63.8 Å². The molecule has 0 spiro atoms. The Morgan fingerprint density at radius 3 is 2.76 bits per heavy atom. The molecule has 0 bridgehead atoms. The Bertz CT molecular complexity index is 1080. The van der Waals surface area contributed by atoms with Crippen LogP contribution in [-0.4, -0.2) is 53.7 Å². The van der Waals surface area contributed by atoms with Crippen molar-refractivity contribution in [1.82, 2.24) is 14.5 Å². The molecule has 1 aromatic carbocycles. The van der Waals surface area contributed by atoms with Gasteiger partial charge in [-0.25, -0.2) is 11.4 Å². The summed E-state index contributed by atoms with van der Waals surface area (Å²) in [5.74, 6) is 0.533. The Kier molecular flexibility index (Phi) is 5.22. The van der Waals surface area contributed by atoms with Gasteiger partial charge in [0.2, 0.25) is 6.54 Å². The molecule has 1 saturated carbocycles. The monoisotopic (exact) mass is 395 g/mol. The molecule has 0 radical (unpaired) electrons. The number of aryl methyl sites for hydroxylation is 1. The van der Waals surface area contributed by atoms with E-state index in [0.717, 1.165) is 55.7 Å². The van der Waals surface area contributed by atoms with Crippen LogP contribution in [0, 0.1) is 19.4 Å². The Balaban J connectivity index is 1.65. The molecule has 0 amide bonds. The second-order valence-corrected chi connectivity index (χ2v) is 8.56. The maximum Gasteiger partial charge on any atom is 0.329 e. The maximum absolute atomic E-state index is 12.5. The summed E-state index contributed by atoms with van der Waals surface area (Å²) in [6, 6.07) is 4.52. The number of nitrogens with one attached hydrogen (secondary N) is 1. The second-order valence-electron chi connectivity index (χ2n) is 8.56. The Morgan fingerprint density at radius 2 is 2.07 bits per heavy atom. The molecule has 2 unspecified atom stereocenters. The summed E-state index contributed by atoms with van der Waals surface area (Å²) in [6.07, 6.45) is 3.09. The number of likely N-dealkylation sites (N-methyl/N-ethyl adjacent to an activating group) is 1. The van der Waals surface area contributed by atoms with Crippen LogP contribution in [0.5, 0.6) is 0 Å². The first kappa shape index (κ1) is 19.7. The van der Waals surface area contributed by atoms with Gasteiger partial charge < -0.3 is 9.74 Å². The molecular formula is C22H29N5O2. The lowest BCUT2D eigenvalue weighted by Gasteiger charge is -2.29. The van der Waals surface area contributed by atoms with Gasteiger partial charge in [-0.2, -0.15) is 0 Å². The van der Waals surface area contributed by atoms with Gasteiger partial charge in [-0.1, -0.05) is 0 Å². The summed E-state index contributed by atoms with van der Waals surface area (Å²) in [4.78, 5) is 35.5. The van der Waals surface area contributed by atoms with Crippen molar-refractivity contribution in [1.29, 1.82) is 0 Å². The first-order valence-electron chi connectivity index (χ1n) is 10.5. The van der Waals surface area contributed by atoms with Gasteiger partial charge in [-0.3, -0.25) is 19.2 Å². The van der Waals surface area contributed by atoms with Crippen molar-refractivity contribution in [3.05, 3.63) is 50.0 Å². The molecule has 2 heterocycles.